The minimum Gasteiger partial charge on any atom is -0.444 e. The molecule has 2 unspecified atom stereocenters. The third kappa shape index (κ3) is 10.0. The summed E-state index contributed by atoms with van der Waals surface area (Å²) >= 11 is 0. The average Bonchev–Trinajstić information content (AvgIpc) is 2.09. The lowest BCUT2D eigenvalue weighted by Crippen LogP contribution is -2.46. The van der Waals surface area contributed by atoms with Crippen LogP contribution in [0, 0.1) is 5.92 Å². The van der Waals surface area contributed by atoms with Crippen molar-refractivity contribution in [3.63, 3.8) is 0 Å². The lowest BCUT2D eigenvalue weighted by atomic mass is 10.0. The molecule has 0 radical (unpaired) electrons. The zero-order chi connectivity index (χ0) is 16.1. The van der Waals surface area contributed by atoms with Crippen LogP contribution in [0.3, 0.4) is 0 Å². The van der Waals surface area contributed by atoms with Crippen LogP contribution in [0.5, 0.6) is 0 Å². The molecule has 0 aromatic heterocycles. The van der Waals surface area contributed by atoms with Gasteiger partial charge in [0.25, 0.3) is 10.1 Å². The number of alkyl carbamates (subject to hydrolysis) is 1. The maximum atomic E-state index is 11.8. The molecule has 1 amide bonds. The smallest absolute Gasteiger partial charge is 0.407 e. The average molecular weight is 309 g/mol. The molecule has 0 aromatic carbocycles. The van der Waals surface area contributed by atoms with E-state index in [1.165, 1.54) is 0 Å². The van der Waals surface area contributed by atoms with E-state index in [-0.39, 0.29) is 5.92 Å². The summed E-state index contributed by atoms with van der Waals surface area (Å²) in [5.74, 6) is 0.278. The number of hydrogen-bond donors (Lipinski definition) is 1. The Labute approximate surface area is 122 Å². The minimum absolute atomic E-state index is 0.278. The highest BCUT2D eigenvalue weighted by atomic mass is 32.2. The number of carbonyl (C=O) groups is 1. The van der Waals surface area contributed by atoms with E-state index in [2.05, 4.69) is 5.32 Å². The van der Waals surface area contributed by atoms with E-state index in [1.807, 2.05) is 13.8 Å². The number of ether oxygens (including phenoxy) is 1. The van der Waals surface area contributed by atoms with Crippen LogP contribution < -0.4 is 5.32 Å². The van der Waals surface area contributed by atoms with Crippen LogP contribution in [0.4, 0.5) is 4.79 Å². The Morgan fingerprint density at radius 3 is 2.05 bits per heavy atom. The lowest BCUT2D eigenvalue weighted by Gasteiger charge is -2.27. The molecule has 120 valence electrons. The highest BCUT2D eigenvalue weighted by molar-refractivity contribution is 7.86. The fourth-order valence-electron chi connectivity index (χ4n) is 1.68. The third-order valence-corrected chi connectivity index (χ3v) is 2.97. The van der Waals surface area contributed by atoms with Gasteiger partial charge in [0.15, 0.2) is 0 Å². The number of nitrogens with one attached hydrogen (secondary N) is 1. The standard InChI is InChI=1S/C13H27NO5S/c1-9(2)8-11(10(3)19-20(7,16)17)14-12(15)18-13(4,5)6/h9-11H,8H2,1-7H3,(H,14,15). The Balaban J connectivity index is 4.76. The van der Waals surface area contributed by atoms with Crippen molar-refractivity contribution in [1.82, 2.24) is 5.32 Å². The second-order valence-electron chi connectivity index (χ2n) is 6.39. The van der Waals surface area contributed by atoms with Gasteiger partial charge in [-0.25, -0.2) is 4.79 Å². The van der Waals surface area contributed by atoms with Crippen LogP contribution in [-0.2, 0) is 19.0 Å². The molecular weight excluding hydrogens is 282 g/mol. The van der Waals surface area contributed by atoms with Gasteiger partial charge in [-0.2, -0.15) is 8.42 Å². The number of rotatable bonds is 6. The Hall–Kier alpha value is -0.820. The zero-order valence-corrected chi connectivity index (χ0v) is 14.2. The van der Waals surface area contributed by atoms with Crippen LogP contribution in [0.1, 0.15) is 48.0 Å². The van der Waals surface area contributed by atoms with Crippen molar-refractivity contribution in [3.05, 3.63) is 0 Å². The molecule has 0 heterocycles. The summed E-state index contributed by atoms with van der Waals surface area (Å²) in [6.45, 7) is 10.9. The molecular formula is C13H27NO5S. The van der Waals surface area contributed by atoms with Crippen LogP contribution in [0.25, 0.3) is 0 Å². The van der Waals surface area contributed by atoms with Crippen LogP contribution in [0.15, 0.2) is 0 Å². The fourth-order valence-corrected chi connectivity index (χ4v) is 2.36. The van der Waals surface area contributed by atoms with Crippen molar-refractivity contribution in [3.8, 4) is 0 Å². The first-order valence-electron chi connectivity index (χ1n) is 6.68. The zero-order valence-electron chi connectivity index (χ0n) is 13.4. The Kier molecular flexibility index (Phi) is 6.97. The molecule has 0 aliphatic heterocycles. The van der Waals surface area contributed by atoms with E-state index in [1.54, 1.807) is 27.7 Å². The molecule has 6 nitrogen and oxygen atoms in total. The molecule has 1 N–H and O–H groups in total. The van der Waals surface area contributed by atoms with Crippen molar-refractivity contribution in [1.29, 1.82) is 0 Å². The largest absolute Gasteiger partial charge is 0.444 e. The van der Waals surface area contributed by atoms with Gasteiger partial charge in [0, 0.05) is 0 Å². The van der Waals surface area contributed by atoms with E-state index in [0.717, 1.165) is 6.26 Å². The summed E-state index contributed by atoms with van der Waals surface area (Å²) in [5, 5.41) is 2.68. The molecule has 0 bridgehead atoms. The second kappa shape index (κ2) is 7.26. The normalized spacial score (nSPS) is 15.8. The van der Waals surface area contributed by atoms with Crippen molar-refractivity contribution >= 4 is 16.2 Å². The van der Waals surface area contributed by atoms with Crippen LogP contribution >= 0.6 is 0 Å². The molecule has 0 spiro atoms. The molecule has 2 atom stereocenters. The van der Waals surface area contributed by atoms with Crippen molar-refractivity contribution in [2.75, 3.05) is 6.26 Å². The highest BCUT2D eigenvalue weighted by Gasteiger charge is 2.26. The summed E-state index contributed by atoms with van der Waals surface area (Å²) < 4.78 is 32.5. The molecule has 0 aliphatic rings. The Bertz CT molecular complexity index is 411. The molecule has 0 aromatic rings. The van der Waals surface area contributed by atoms with Crippen LogP contribution in [0.2, 0.25) is 0 Å². The minimum atomic E-state index is -3.57. The summed E-state index contributed by atoms with van der Waals surface area (Å²) in [5.41, 5.74) is -0.604. The van der Waals surface area contributed by atoms with Gasteiger partial charge in [-0.1, -0.05) is 13.8 Å². The first kappa shape index (κ1) is 19.2. The predicted molar refractivity (Wildman–Crippen MR) is 78.0 cm³/mol. The SMILES string of the molecule is CC(C)CC(NC(=O)OC(C)(C)C)C(C)OS(C)(=O)=O. The van der Waals surface area contributed by atoms with E-state index >= 15 is 0 Å². The van der Waals surface area contributed by atoms with Gasteiger partial charge < -0.3 is 10.1 Å². The lowest BCUT2D eigenvalue weighted by molar-refractivity contribution is 0.0444. The monoisotopic (exact) mass is 309 g/mol. The maximum absolute atomic E-state index is 11.8. The molecule has 0 saturated carbocycles. The van der Waals surface area contributed by atoms with Gasteiger partial charge in [-0.05, 0) is 40.0 Å². The first-order chi connectivity index (χ1) is 8.80. The first-order valence-corrected chi connectivity index (χ1v) is 8.49. The van der Waals surface area contributed by atoms with Crippen LogP contribution in [-0.4, -0.2) is 38.5 Å². The molecule has 0 aliphatic carbocycles. The molecule has 0 rings (SSSR count). The van der Waals surface area contributed by atoms with E-state index in [0.29, 0.717) is 6.42 Å². The third-order valence-electron chi connectivity index (χ3n) is 2.32. The van der Waals surface area contributed by atoms with E-state index in [4.69, 9.17) is 8.92 Å². The highest BCUT2D eigenvalue weighted by Crippen LogP contribution is 2.14. The van der Waals surface area contributed by atoms with Gasteiger partial charge in [0.2, 0.25) is 0 Å². The van der Waals surface area contributed by atoms with Gasteiger partial charge in [-0.3, -0.25) is 4.18 Å². The second-order valence-corrected chi connectivity index (χ2v) is 7.99. The van der Waals surface area contributed by atoms with Gasteiger partial charge in [-0.15, -0.1) is 0 Å². The van der Waals surface area contributed by atoms with Crippen molar-refractivity contribution in [2.45, 2.75) is 65.7 Å². The summed E-state index contributed by atoms with van der Waals surface area (Å²) in [6.07, 6.45) is 0.353. The number of hydrogen-bond acceptors (Lipinski definition) is 5. The molecule has 0 fully saturated rings. The van der Waals surface area contributed by atoms with Gasteiger partial charge >= 0.3 is 6.09 Å². The fraction of sp³-hybridized carbons (Fsp3) is 0.923. The maximum Gasteiger partial charge on any atom is 0.407 e. The predicted octanol–water partition coefficient (Wildman–Crippen LogP) is 2.29. The van der Waals surface area contributed by atoms with Gasteiger partial charge in [0.1, 0.15) is 5.60 Å². The Morgan fingerprint density at radius 2 is 1.70 bits per heavy atom. The summed E-state index contributed by atoms with van der Waals surface area (Å²) in [6, 6.07) is -0.431. The molecule has 20 heavy (non-hydrogen) atoms. The quantitative estimate of drug-likeness (QED) is 0.761. The van der Waals surface area contributed by atoms with Crippen molar-refractivity contribution in [2.24, 2.45) is 5.92 Å². The number of amides is 1. The van der Waals surface area contributed by atoms with Gasteiger partial charge in [0.05, 0.1) is 18.4 Å². The molecule has 7 heteroatoms. The summed E-state index contributed by atoms with van der Waals surface area (Å²) in [7, 11) is -3.57. The van der Waals surface area contributed by atoms with E-state index in [9.17, 15) is 13.2 Å². The van der Waals surface area contributed by atoms with E-state index < -0.39 is 34.0 Å². The topological polar surface area (TPSA) is 81.7 Å². The molecule has 0 saturated heterocycles. The van der Waals surface area contributed by atoms with Crippen molar-refractivity contribution < 1.29 is 22.1 Å². The number of carbonyl (C=O) groups excluding carboxylic acids is 1. The Morgan fingerprint density at radius 1 is 1.20 bits per heavy atom. The summed E-state index contributed by atoms with van der Waals surface area (Å²) in [4.78, 5) is 11.8.